The minimum atomic E-state index is -0.311. The van der Waals surface area contributed by atoms with Crippen molar-refractivity contribution in [3.05, 3.63) is 30.3 Å². The fourth-order valence-corrected chi connectivity index (χ4v) is 4.68. The van der Waals surface area contributed by atoms with Gasteiger partial charge in [0, 0.05) is 18.8 Å². The van der Waals surface area contributed by atoms with E-state index in [4.69, 9.17) is 13.9 Å². The molecule has 1 amide bonds. The van der Waals surface area contributed by atoms with Crippen LogP contribution in [0.5, 0.6) is 11.5 Å². The number of ketones is 1. The lowest BCUT2D eigenvalue weighted by atomic mass is 9.95. The summed E-state index contributed by atoms with van der Waals surface area (Å²) in [6.07, 6.45) is 8.01. The predicted octanol–water partition coefficient (Wildman–Crippen LogP) is 4.54. The smallest absolute Gasteiger partial charge is 0.223 e. The fraction of sp³-hybridized carbons (Fsp3) is 0.593. The maximum Gasteiger partial charge on any atom is 0.223 e. The van der Waals surface area contributed by atoms with Crippen molar-refractivity contribution >= 4 is 11.7 Å². The number of nitrogens with zero attached hydrogens (tertiary/aromatic N) is 2. The van der Waals surface area contributed by atoms with Gasteiger partial charge in [-0.15, -0.1) is 0 Å². The van der Waals surface area contributed by atoms with Gasteiger partial charge in [0.1, 0.15) is 25.0 Å². The van der Waals surface area contributed by atoms with Crippen molar-refractivity contribution in [3.8, 4) is 22.8 Å². The van der Waals surface area contributed by atoms with Crippen LogP contribution in [0.4, 0.5) is 0 Å². The standard InChI is InChI=1S/C27H37N3O5/c1-3-20(31)8-5-4-6-10-22(29-26(32)19-12-14-30(2)15-13-19)27-28-18-24(35-27)21-9-7-11-23-25(21)34-17-16-33-23/h7,9,11,18-19,22H,3-6,8,10,12-17H2,1-2H3,(H,29,32)/t22-/m0/s1. The molecule has 0 radical (unpaired) electrons. The Labute approximate surface area is 207 Å². The largest absolute Gasteiger partial charge is 0.486 e. The van der Waals surface area contributed by atoms with Gasteiger partial charge in [-0.1, -0.05) is 25.8 Å². The van der Waals surface area contributed by atoms with E-state index in [1.807, 2.05) is 25.1 Å². The van der Waals surface area contributed by atoms with Gasteiger partial charge < -0.3 is 24.1 Å². The fourth-order valence-electron chi connectivity index (χ4n) is 4.68. The Kier molecular flexibility index (Phi) is 8.79. The first-order valence-corrected chi connectivity index (χ1v) is 12.9. The number of carbonyl (C=O) groups excluding carboxylic acids is 2. The van der Waals surface area contributed by atoms with E-state index >= 15 is 0 Å². The highest BCUT2D eigenvalue weighted by molar-refractivity contribution is 5.79. The number of unbranched alkanes of at least 4 members (excludes halogenated alkanes) is 2. The van der Waals surface area contributed by atoms with Crippen LogP contribution in [-0.4, -0.2) is 54.9 Å². The summed E-state index contributed by atoms with van der Waals surface area (Å²) in [5.74, 6) is 2.82. The summed E-state index contributed by atoms with van der Waals surface area (Å²) in [5, 5.41) is 3.22. The number of carbonyl (C=O) groups is 2. The topological polar surface area (TPSA) is 93.9 Å². The molecule has 2 aliphatic rings. The highest BCUT2D eigenvalue weighted by Crippen LogP contribution is 2.40. The van der Waals surface area contributed by atoms with E-state index in [9.17, 15) is 9.59 Å². The number of likely N-dealkylation sites (tertiary alicyclic amines) is 1. The highest BCUT2D eigenvalue weighted by atomic mass is 16.6. The molecule has 1 aromatic heterocycles. The average molecular weight is 484 g/mol. The van der Waals surface area contributed by atoms with E-state index in [2.05, 4.69) is 22.2 Å². The lowest BCUT2D eigenvalue weighted by molar-refractivity contribution is -0.127. The van der Waals surface area contributed by atoms with Crippen molar-refractivity contribution in [2.75, 3.05) is 33.4 Å². The number of hydrogen-bond donors (Lipinski definition) is 1. The van der Waals surface area contributed by atoms with Gasteiger partial charge >= 0.3 is 0 Å². The molecule has 0 saturated carbocycles. The lowest BCUT2D eigenvalue weighted by Gasteiger charge is -2.29. The molecule has 2 aliphatic heterocycles. The summed E-state index contributed by atoms with van der Waals surface area (Å²) < 4.78 is 17.7. The summed E-state index contributed by atoms with van der Waals surface area (Å²) in [7, 11) is 2.09. The van der Waals surface area contributed by atoms with Crippen LogP contribution < -0.4 is 14.8 Å². The minimum Gasteiger partial charge on any atom is -0.486 e. The molecule has 190 valence electrons. The van der Waals surface area contributed by atoms with Crippen LogP contribution in [-0.2, 0) is 9.59 Å². The molecular formula is C27H37N3O5. The molecule has 0 spiro atoms. The molecule has 0 unspecified atom stereocenters. The average Bonchev–Trinajstić information content (AvgIpc) is 3.37. The van der Waals surface area contributed by atoms with Crippen molar-refractivity contribution in [1.29, 1.82) is 0 Å². The van der Waals surface area contributed by atoms with Crippen molar-refractivity contribution in [3.63, 3.8) is 0 Å². The van der Waals surface area contributed by atoms with Crippen LogP contribution in [0.15, 0.2) is 28.8 Å². The quantitative estimate of drug-likeness (QED) is 0.469. The first-order valence-electron chi connectivity index (χ1n) is 12.9. The molecule has 1 N–H and O–H groups in total. The number of nitrogens with one attached hydrogen (secondary N) is 1. The van der Waals surface area contributed by atoms with E-state index in [0.29, 0.717) is 61.4 Å². The molecular weight excluding hydrogens is 446 g/mol. The van der Waals surface area contributed by atoms with E-state index < -0.39 is 0 Å². The summed E-state index contributed by atoms with van der Waals surface area (Å²) in [5.41, 5.74) is 0.791. The number of piperidine rings is 1. The van der Waals surface area contributed by atoms with Gasteiger partial charge in [0.05, 0.1) is 11.8 Å². The zero-order valence-corrected chi connectivity index (χ0v) is 20.9. The molecule has 2 aromatic rings. The Morgan fingerprint density at radius 2 is 1.94 bits per heavy atom. The number of aromatic nitrogens is 1. The maximum atomic E-state index is 13.1. The maximum absolute atomic E-state index is 13.1. The first kappa shape index (κ1) is 25.2. The number of rotatable bonds is 11. The molecule has 35 heavy (non-hydrogen) atoms. The zero-order valence-electron chi connectivity index (χ0n) is 20.9. The van der Waals surface area contributed by atoms with Crippen LogP contribution in [0.3, 0.4) is 0 Å². The van der Waals surface area contributed by atoms with E-state index in [1.54, 1.807) is 6.20 Å². The van der Waals surface area contributed by atoms with Crippen molar-refractivity contribution in [1.82, 2.24) is 15.2 Å². The van der Waals surface area contributed by atoms with Gasteiger partial charge in [-0.3, -0.25) is 9.59 Å². The van der Waals surface area contributed by atoms with Gasteiger partial charge in [0.25, 0.3) is 0 Å². The third kappa shape index (κ3) is 6.63. The van der Waals surface area contributed by atoms with Gasteiger partial charge in [-0.25, -0.2) is 4.98 Å². The summed E-state index contributed by atoms with van der Waals surface area (Å²) >= 11 is 0. The highest BCUT2D eigenvalue weighted by Gasteiger charge is 2.28. The van der Waals surface area contributed by atoms with Crippen LogP contribution in [0.25, 0.3) is 11.3 Å². The number of amides is 1. The SMILES string of the molecule is CCC(=O)CCCCC[C@H](NC(=O)C1CCN(C)CC1)c1ncc(-c2cccc3c2OCCO3)o1. The van der Waals surface area contributed by atoms with Crippen molar-refractivity contribution in [2.24, 2.45) is 5.92 Å². The zero-order chi connectivity index (χ0) is 24.6. The molecule has 8 heteroatoms. The first-order chi connectivity index (χ1) is 17.0. The third-order valence-corrected chi connectivity index (χ3v) is 6.90. The Morgan fingerprint density at radius 3 is 2.74 bits per heavy atom. The number of benzene rings is 1. The number of fused-ring (bicyclic) bond motifs is 1. The van der Waals surface area contributed by atoms with E-state index in [-0.39, 0.29) is 17.9 Å². The summed E-state index contributed by atoms with van der Waals surface area (Å²) in [4.78, 5) is 31.5. The van der Waals surface area contributed by atoms with Crippen molar-refractivity contribution < 1.29 is 23.5 Å². The molecule has 8 nitrogen and oxygen atoms in total. The van der Waals surface area contributed by atoms with Gasteiger partial charge in [0.15, 0.2) is 17.3 Å². The molecule has 1 fully saturated rings. The Bertz CT molecular complexity index is 996. The second-order valence-corrected chi connectivity index (χ2v) is 9.52. The summed E-state index contributed by atoms with van der Waals surface area (Å²) in [6, 6.07) is 5.40. The monoisotopic (exact) mass is 483 g/mol. The molecule has 4 rings (SSSR count). The predicted molar refractivity (Wildman–Crippen MR) is 132 cm³/mol. The number of ether oxygens (including phenoxy) is 2. The lowest BCUT2D eigenvalue weighted by Crippen LogP contribution is -2.40. The van der Waals surface area contributed by atoms with E-state index in [1.165, 1.54) is 0 Å². The third-order valence-electron chi connectivity index (χ3n) is 6.90. The van der Waals surface area contributed by atoms with Gasteiger partial charge in [0.2, 0.25) is 11.8 Å². The van der Waals surface area contributed by atoms with Crippen LogP contribution in [0, 0.1) is 5.92 Å². The molecule has 1 atom stereocenters. The number of para-hydroxylation sites is 1. The Morgan fingerprint density at radius 1 is 1.14 bits per heavy atom. The second-order valence-electron chi connectivity index (χ2n) is 9.52. The molecule has 1 aromatic carbocycles. The number of hydrogen-bond acceptors (Lipinski definition) is 7. The molecule has 3 heterocycles. The second kappa shape index (κ2) is 12.2. The molecule has 0 bridgehead atoms. The Balaban J connectivity index is 1.46. The van der Waals surface area contributed by atoms with Gasteiger partial charge in [-0.05, 0) is 58.0 Å². The summed E-state index contributed by atoms with van der Waals surface area (Å²) in [6.45, 7) is 4.77. The van der Waals surface area contributed by atoms with Crippen LogP contribution in [0.1, 0.15) is 70.2 Å². The van der Waals surface area contributed by atoms with Gasteiger partial charge in [-0.2, -0.15) is 0 Å². The van der Waals surface area contributed by atoms with Crippen molar-refractivity contribution in [2.45, 2.75) is 64.3 Å². The Hall–Kier alpha value is -2.87. The van der Waals surface area contributed by atoms with Crippen LogP contribution in [0.2, 0.25) is 0 Å². The molecule has 1 saturated heterocycles. The van der Waals surface area contributed by atoms with E-state index in [0.717, 1.165) is 50.8 Å². The molecule has 0 aliphatic carbocycles. The normalized spacial score (nSPS) is 17.2. The number of oxazole rings is 1. The minimum absolute atomic E-state index is 0.0111. The number of Topliss-reactive ketones (excluding diaryl/α,β-unsaturated/α-hetero) is 1. The van der Waals surface area contributed by atoms with Crippen LogP contribution >= 0.6 is 0 Å².